The van der Waals surface area contributed by atoms with E-state index in [1.807, 2.05) is 19.9 Å². The summed E-state index contributed by atoms with van der Waals surface area (Å²) >= 11 is 0.751. The first-order chi connectivity index (χ1) is 66.3. The quantitative estimate of drug-likeness (QED) is 0.0128. The predicted molar refractivity (Wildman–Crippen MR) is 507 cm³/mol. The number of rotatable bonds is 28. The summed E-state index contributed by atoms with van der Waals surface area (Å²) in [7, 11) is 3.90. The Balaban J connectivity index is 1.12. The van der Waals surface area contributed by atoms with Gasteiger partial charge in [-0.1, -0.05) is 88.1 Å². The molecule has 3 aromatic heterocycles. The lowest BCUT2D eigenvalue weighted by Gasteiger charge is -2.36. The van der Waals surface area contributed by atoms with Gasteiger partial charge in [-0.05, 0) is 106 Å². The van der Waals surface area contributed by atoms with Crippen LogP contribution in [0, 0.1) is 16.7 Å². The van der Waals surface area contributed by atoms with Gasteiger partial charge < -0.3 is 131 Å². The monoisotopic (exact) mass is 1950 g/mol. The minimum atomic E-state index is -1.85. The van der Waals surface area contributed by atoms with Gasteiger partial charge in [0.1, 0.15) is 84.6 Å². The van der Waals surface area contributed by atoms with Gasteiger partial charge in [0.05, 0.1) is 42.8 Å². The molecule has 15 atom stereocenters. The summed E-state index contributed by atoms with van der Waals surface area (Å²) < 4.78 is 0. The SMILES string of the molecule is CCCC[C@H]1C(=O)N(C)[C@@H](CCCC)C(=O)N[C@@H](CCCNC(=N)N)C(=O)N[C@H](C(=O)NCC(N)=O)CSCC(=O)N[C@@H](Cc2ccc(C#N)cc2)C(=O)N(C)[C@@H](C)C(=O)N[C@@H](CC(N)=O)C(=O)N2CCC[C@H]2C(=O)N[C@@H](Cc2cnc[nH]2)C(=O)N[C@@H](CCC(=O)O)C(=O)N2C[C@H](O)C[C@H]2C(=O)N[C@@H](Cc2c[nH]c3ccccc23)C(=O)N[C@@H](CCN)C(=O)N[C@@H](Cc2c[nH]c3ccccc23)C(=O)N1C. The number of aromatic amines is 3. The standard InChI is InChI=1S/C92H126N26O20S/c1-7-9-22-70-84(131)107-61(21-15-33-100-92(97)98)80(127)113-69(79(126)103-45-75(96)121)47-139-48-76(122)105-66(35-51-25-27-52(41-94)28-26-51)87(134)114(4)50(3)78(125)111-68(40-74(95)120)90(137)117-34-16-24-71(117)85(132)110-65(38-55-44-99-49-104-55)83(130)108-63(29-30-77(123)124)89(136)118-46-56(119)39-73(118)86(133)109-64(36-53-42-101-59-19-13-11-17-57(53)59)82(129)106-62(31-32-93)81(128)112-67(37-54-43-102-60-20-14-12-18-58(54)60)88(135)116(6)72(23-10-8-2)91(138)115(70)5/h11-14,17-20,25-28,42-44,49-50,56,61-73,101-102,119H,7-10,15-16,21-24,29-40,45-48,93H2,1-6H3,(H2,95,120)(H2,96,121)(H,99,104)(H,103,126)(H,105,122)(H,106,129)(H,107,131)(H,108,130)(H,109,133)(H,110,132)(H,111,125)(H,112,128)(H,113,127)(H,123,124)(H4,97,98,100)/t50-,56+,61-,62-,63-,64-,65-,66-,67-,68-,69-,70-,71-,72-,73-/m0/s1. The van der Waals surface area contributed by atoms with Crippen molar-refractivity contribution in [2.45, 2.75) is 233 Å². The summed E-state index contributed by atoms with van der Waals surface area (Å²) in [5.74, 6) is -19.5. The zero-order chi connectivity index (χ0) is 101. The molecule has 0 radical (unpaired) electrons. The number of thioether (sulfide) groups is 1. The number of unbranched alkanes of at least 4 members (excludes halogenated alkanes) is 2. The van der Waals surface area contributed by atoms with Gasteiger partial charge in [-0.25, -0.2) is 4.98 Å². The number of carbonyl (C=O) groups excluding carboxylic acids is 17. The summed E-state index contributed by atoms with van der Waals surface area (Å²) in [4.78, 5) is 282. The van der Waals surface area contributed by atoms with Crippen molar-refractivity contribution in [2.24, 2.45) is 22.9 Å². The number of hydrogen-bond acceptors (Lipinski definition) is 24. The molecule has 0 aliphatic carbocycles. The summed E-state index contributed by atoms with van der Waals surface area (Å²) in [5, 5.41) is 69.3. The van der Waals surface area contributed by atoms with Crippen LogP contribution in [0.5, 0.6) is 0 Å². The molecule has 3 aliphatic heterocycles. The number of amides is 17. The minimum Gasteiger partial charge on any atom is -0.481 e. The van der Waals surface area contributed by atoms with Crippen LogP contribution < -0.4 is 81.4 Å². The van der Waals surface area contributed by atoms with E-state index in [-0.39, 0.29) is 95.1 Å². The third-order valence-corrected chi connectivity index (χ3v) is 25.7. The highest BCUT2D eigenvalue weighted by atomic mass is 32.2. The third-order valence-electron chi connectivity index (χ3n) is 24.7. The van der Waals surface area contributed by atoms with Gasteiger partial charge in [-0.2, -0.15) is 5.26 Å². The second-order valence-corrected chi connectivity index (χ2v) is 35.8. The van der Waals surface area contributed by atoms with Crippen molar-refractivity contribution < 1.29 is 96.5 Å². The number of likely N-dealkylation sites (N-methyl/N-ethyl adjacent to an activating group) is 3. The Labute approximate surface area is 805 Å². The number of para-hydroxylation sites is 2. The van der Waals surface area contributed by atoms with E-state index in [2.05, 4.69) is 78.4 Å². The molecule has 3 aliphatic rings. The maximum Gasteiger partial charge on any atom is 0.303 e. The summed E-state index contributed by atoms with van der Waals surface area (Å²) in [6.07, 6.45) is 1.40. The number of nitrogens with one attached hydrogen (secondary N) is 15. The second kappa shape index (κ2) is 52.1. The highest BCUT2D eigenvalue weighted by Crippen LogP contribution is 2.28. The molecule has 25 N–H and O–H groups in total. The number of aromatic nitrogens is 4. The Hall–Kier alpha value is -14.6. The number of nitrogens with two attached hydrogens (primary N) is 4. The highest BCUT2D eigenvalue weighted by molar-refractivity contribution is 8.00. The van der Waals surface area contributed by atoms with E-state index in [1.165, 1.54) is 64.9 Å². The average Bonchev–Trinajstić information content (AvgIpc) is 1.55. The number of benzene rings is 3. The molecule has 46 nitrogen and oxygen atoms in total. The molecule has 3 aromatic carbocycles. The molecule has 17 amide bonds. The minimum absolute atomic E-state index is 0.0111. The van der Waals surface area contributed by atoms with E-state index >= 15 is 43.2 Å². The number of guanidine groups is 1. The van der Waals surface area contributed by atoms with Crippen LogP contribution in [0.2, 0.25) is 0 Å². The fourth-order valence-electron chi connectivity index (χ4n) is 16.9. The smallest absolute Gasteiger partial charge is 0.303 e. The first-order valence-electron chi connectivity index (χ1n) is 46.1. The molecule has 0 bridgehead atoms. The van der Waals surface area contributed by atoms with Crippen molar-refractivity contribution in [2.75, 3.05) is 65.4 Å². The molecule has 0 spiro atoms. The van der Waals surface area contributed by atoms with Gasteiger partial charge in [0.15, 0.2) is 5.96 Å². The lowest BCUT2D eigenvalue weighted by molar-refractivity contribution is -0.149. The second-order valence-electron chi connectivity index (χ2n) is 34.8. The van der Waals surface area contributed by atoms with Crippen LogP contribution in [-0.4, -0.2) is 323 Å². The van der Waals surface area contributed by atoms with Crippen LogP contribution in [-0.2, 0) is 112 Å². The Kier molecular flexibility index (Phi) is 40.5. The number of primary amides is 2. The fraction of sp³-hybridized carbons (Fsp3) is 0.511. The largest absolute Gasteiger partial charge is 0.481 e. The number of fused-ring (bicyclic) bond motifs is 4. The maximum absolute atomic E-state index is 15.9. The Morgan fingerprint density at radius 1 is 0.554 bits per heavy atom. The van der Waals surface area contributed by atoms with E-state index in [1.54, 1.807) is 60.9 Å². The average molecular weight is 1950 g/mol. The van der Waals surface area contributed by atoms with Crippen LogP contribution in [0.3, 0.4) is 0 Å². The van der Waals surface area contributed by atoms with Crippen molar-refractivity contribution in [3.63, 3.8) is 0 Å². The zero-order valence-corrected chi connectivity index (χ0v) is 79.2. The van der Waals surface area contributed by atoms with Gasteiger partial charge in [0.2, 0.25) is 100 Å². The molecule has 0 unspecified atom stereocenters. The summed E-state index contributed by atoms with van der Waals surface area (Å²) in [5.41, 5.74) is 26.2. The number of nitrogens with zero attached hydrogens (tertiary/aromatic N) is 7. The number of carboxylic acid groups (broad SMARTS) is 1. The first-order valence-corrected chi connectivity index (χ1v) is 47.3. The van der Waals surface area contributed by atoms with Crippen molar-refractivity contribution >= 4 is 146 Å². The van der Waals surface area contributed by atoms with Crippen LogP contribution in [0.25, 0.3) is 21.8 Å². The molecular formula is C92H126N26O20S. The molecule has 139 heavy (non-hydrogen) atoms. The number of aliphatic carboxylic acids is 1. The van der Waals surface area contributed by atoms with Gasteiger partial charge >= 0.3 is 5.97 Å². The summed E-state index contributed by atoms with van der Waals surface area (Å²) in [6, 6.07) is -0.464. The molecule has 3 fully saturated rings. The number of aliphatic hydroxyl groups is 1. The number of hydrogen-bond donors (Lipinski definition) is 21. The number of H-pyrrole nitrogens is 3. The lowest BCUT2D eigenvalue weighted by Crippen LogP contribution is -2.61. The molecule has 9 rings (SSSR count). The Morgan fingerprint density at radius 2 is 1.09 bits per heavy atom. The van der Waals surface area contributed by atoms with Crippen LogP contribution >= 0.6 is 11.8 Å². The van der Waals surface area contributed by atoms with Crippen LogP contribution in [0.1, 0.15) is 145 Å². The highest BCUT2D eigenvalue weighted by Gasteiger charge is 2.47. The fourth-order valence-corrected chi connectivity index (χ4v) is 17.8. The number of imidazole rings is 1. The van der Waals surface area contributed by atoms with Gasteiger partial charge in [-0.3, -0.25) is 91.7 Å². The molecule has 6 heterocycles. The van der Waals surface area contributed by atoms with Crippen molar-refractivity contribution in [1.29, 1.82) is 10.7 Å². The van der Waals surface area contributed by atoms with E-state index in [9.17, 15) is 58.6 Å². The first kappa shape index (κ1) is 108. The van der Waals surface area contributed by atoms with Gasteiger partial charge in [0, 0.05) is 131 Å². The number of nitriles is 1. The van der Waals surface area contributed by atoms with Crippen molar-refractivity contribution in [3.05, 3.63) is 126 Å². The summed E-state index contributed by atoms with van der Waals surface area (Å²) in [6.45, 7) is 3.13. The van der Waals surface area contributed by atoms with E-state index in [0.717, 1.165) is 36.3 Å². The Bertz CT molecular complexity index is 5450. The van der Waals surface area contributed by atoms with Gasteiger partial charge in [0.25, 0.3) is 0 Å². The number of aliphatic hydroxyl groups excluding tert-OH is 1. The zero-order valence-electron chi connectivity index (χ0n) is 78.4. The van der Waals surface area contributed by atoms with Gasteiger partial charge in [-0.15, -0.1) is 11.8 Å². The molecule has 750 valence electrons. The van der Waals surface area contributed by atoms with E-state index in [4.69, 9.17) is 28.3 Å². The van der Waals surface area contributed by atoms with Crippen molar-refractivity contribution in [3.8, 4) is 6.07 Å². The maximum atomic E-state index is 15.9. The number of carboxylic acids is 1. The van der Waals surface area contributed by atoms with E-state index in [0.29, 0.717) is 64.2 Å². The van der Waals surface area contributed by atoms with E-state index < -0.39 is 260 Å². The predicted octanol–water partition coefficient (Wildman–Crippen LogP) is -3.59. The Morgan fingerprint density at radius 3 is 1.69 bits per heavy atom. The topological polar surface area (TPSA) is 708 Å². The molecule has 0 saturated carbocycles. The van der Waals surface area contributed by atoms with Crippen LogP contribution in [0.15, 0.2) is 97.7 Å². The normalized spacial score (nSPS) is 24.3. The molecule has 3 saturated heterocycles. The van der Waals surface area contributed by atoms with Crippen LogP contribution in [0.4, 0.5) is 0 Å². The molecular weight excluding hydrogens is 1820 g/mol. The van der Waals surface area contributed by atoms with Crippen molar-refractivity contribution in [1.82, 2.24) is 103 Å². The molecule has 47 heteroatoms. The third kappa shape index (κ3) is 30.5. The molecule has 6 aromatic rings. The lowest BCUT2D eigenvalue weighted by atomic mass is 9.99. The number of carbonyl (C=O) groups is 18.